The maximum absolute atomic E-state index is 12.0. The van der Waals surface area contributed by atoms with Gasteiger partial charge in [0.15, 0.2) is 12.4 Å². The number of ether oxygens (including phenoxy) is 1. The first-order chi connectivity index (χ1) is 9.55. The molecule has 0 saturated heterocycles. The van der Waals surface area contributed by atoms with Gasteiger partial charge in [0.1, 0.15) is 5.60 Å². The standard InChI is InChI=1S/C13H21N3O4S.ClH/c1-6-15(5)11-7-9-16(10-8-11)21(18,19)14-12(17)20-13(2,3)4;/h7-10H,6H2,1-5H3;1H. The van der Waals surface area contributed by atoms with Crippen LogP contribution in [0.1, 0.15) is 27.7 Å². The number of halogens is 1. The monoisotopic (exact) mass is 351 g/mol. The molecule has 0 atom stereocenters. The molecular weight excluding hydrogens is 330 g/mol. The predicted molar refractivity (Wildman–Crippen MR) is 79.3 cm³/mol. The molecule has 1 N–H and O–H groups in total. The van der Waals surface area contributed by atoms with Crippen LogP contribution in [0.4, 0.5) is 10.5 Å². The van der Waals surface area contributed by atoms with Crippen LogP contribution < -0.4 is 26.0 Å². The van der Waals surface area contributed by atoms with Crippen molar-refractivity contribution < 1.29 is 34.3 Å². The molecule has 0 aliphatic carbocycles. The molecule has 1 aromatic rings. The molecule has 1 heterocycles. The molecule has 126 valence electrons. The summed E-state index contributed by atoms with van der Waals surface area (Å²) in [5.41, 5.74) is 0.110. The summed E-state index contributed by atoms with van der Waals surface area (Å²) in [7, 11) is -2.11. The quantitative estimate of drug-likeness (QED) is 0.638. The van der Waals surface area contributed by atoms with Gasteiger partial charge in [-0.05, 0) is 27.7 Å². The number of nitrogens with zero attached hydrogens (tertiary/aromatic N) is 2. The van der Waals surface area contributed by atoms with E-state index in [9.17, 15) is 13.2 Å². The zero-order chi connectivity index (χ0) is 16.3. The third-order valence-corrected chi connectivity index (χ3v) is 3.81. The topological polar surface area (TPSA) is 79.6 Å². The molecule has 0 spiro atoms. The van der Waals surface area contributed by atoms with Crippen molar-refractivity contribution in [1.82, 2.24) is 4.72 Å². The molecule has 0 saturated carbocycles. The molecule has 1 aromatic heterocycles. The number of carbonyl (C=O) groups excluding carboxylic acids is 1. The molecule has 7 nitrogen and oxygen atoms in total. The van der Waals surface area contributed by atoms with Crippen molar-refractivity contribution in [2.75, 3.05) is 18.5 Å². The maximum Gasteiger partial charge on any atom is 0.474 e. The maximum atomic E-state index is 12.0. The Balaban J connectivity index is 0.00000441. The Morgan fingerprint density at radius 3 is 2.23 bits per heavy atom. The minimum atomic E-state index is -4.01. The third kappa shape index (κ3) is 6.07. The van der Waals surface area contributed by atoms with Crippen LogP contribution in [-0.2, 0) is 14.9 Å². The van der Waals surface area contributed by atoms with E-state index >= 15 is 0 Å². The van der Waals surface area contributed by atoms with Crippen molar-refractivity contribution in [2.45, 2.75) is 33.3 Å². The fourth-order valence-electron chi connectivity index (χ4n) is 1.46. The van der Waals surface area contributed by atoms with Gasteiger partial charge in [-0.15, -0.1) is 8.42 Å². The summed E-state index contributed by atoms with van der Waals surface area (Å²) in [6, 6.07) is 3.30. The van der Waals surface area contributed by atoms with Crippen LogP contribution in [0.25, 0.3) is 0 Å². The van der Waals surface area contributed by atoms with Gasteiger partial charge >= 0.3 is 16.3 Å². The number of carbonyl (C=O) groups is 1. The number of pyridine rings is 1. The first-order valence-electron chi connectivity index (χ1n) is 6.54. The van der Waals surface area contributed by atoms with Crippen molar-refractivity contribution in [3.05, 3.63) is 24.5 Å². The lowest BCUT2D eigenvalue weighted by Crippen LogP contribution is -3.00. The van der Waals surface area contributed by atoms with Gasteiger partial charge < -0.3 is 22.0 Å². The summed E-state index contributed by atoms with van der Waals surface area (Å²) in [6.45, 7) is 7.75. The van der Waals surface area contributed by atoms with Gasteiger partial charge in [-0.25, -0.2) is 4.79 Å². The Morgan fingerprint density at radius 2 is 1.82 bits per heavy atom. The van der Waals surface area contributed by atoms with E-state index in [2.05, 4.69) is 0 Å². The SMILES string of the molecule is CCN(C)c1cc[n+](S(=O)(=O)NC(=O)OC(C)(C)C)cc1.[Cl-]. The van der Waals surface area contributed by atoms with Gasteiger partial charge in [-0.1, -0.05) is 3.97 Å². The molecular formula is C13H22ClN3O4S. The average Bonchev–Trinajstić information content (AvgIpc) is 2.35. The van der Waals surface area contributed by atoms with E-state index in [1.54, 1.807) is 32.9 Å². The summed E-state index contributed by atoms with van der Waals surface area (Å²) >= 11 is 0. The Morgan fingerprint density at radius 1 is 1.32 bits per heavy atom. The van der Waals surface area contributed by atoms with E-state index in [1.165, 1.54) is 12.4 Å². The molecule has 9 heteroatoms. The number of amides is 1. The molecule has 0 radical (unpaired) electrons. The first-order valence-corrected chi connectivity index (χ1v) is 7.98. The lowest BCUT2D eigenvalue weighted by Gasteiger charge is -2.18. The smallest absolute Gasteiger partial charge is 0.474 e. The Hall–Kier alpha value is -1.54. The molecule has 22 heavy (non-hydrogen) atoms. The molecule has 0 aromatic carbocycles. The molecule has 0 aliphatic rings. The lowest BCUT2D eigenvalue weighted by atomic mass is 10.2. The van der Waals surface area contributed by atoms with Gasteiger partial charge in [0.2, 0.25) is 0 Å². The van der Waals surface area contributed by atoms with Crippen molar-refractivity contribution in [1.29, 1.82) is 0 Å². The van der Waals surface area contributed by atoms with Crippen LogP contribution in [0.2, 0.25) is 0 Å². The molecule has 1 rings (SSSR count). The van der Waals surface area contributed by atoms with E-state index < -0.39 is 21.9 Å². The normalized spacial score (nSPS) is 11.3. The second-order valence-electron chi connectivity index (χ2n) is 5.51. The van der Waals surface area contributed by atoms with Crippen LogP contribution >= 0.6 is 0 Å². The highest BCUT2D eigenvalue weighted by Gasteiger charge is 2.28. The minimum Gasteiger partial charge on any atom is -1.00 e. The number of hydrogen-bond donors (Lipinski definition) is 1. The Bertz CT molecular complexity index is 597. The summed E-state index contributed by atoms with van der Waals surface area (Å²) in [4.78, 5) is 13.5. The second-order valence-corrected chi connectivity index (χ2v) is 7.09. The van der Waals surface area contributed by atoms with Gasteiger partial charge in [-0.2, -0.15) is 4.72 Å². The van der Waals surface area contributed by atoms with Crippen molar-refractivity contribution in [2.24, 2.45) is 0 Å². The fourth-order valence-corrected chi connectivity index (χ4v) is 2.26. The van der Waals surface area contributed by atoms with Gasteiger partial charge in [0, 0.05) is 31.4 Å². The highest BCUT2D eigenvalue weighted by atomic mass is 35.5. The molecule has 0 fully saturated rings. The van der Waals surface area contributed by atoms with Gasteiger partial charge in [0.25, 0.3) is 0 Å². The Labute approximate surface area is 137 Å². The number of nitrogens with one attached hydrogen (secondary N) is 1. The predicted octanol–water partition coefficient (Wildman–Crippen LogP) is -1.95. The first kappa shape index (κ1) is 20.5. The van der Waals surface area contributed by atoms with Crippen LogP contribution in [-0.4, -0.2) is 33.7 Å². The zero-order valence-electron chi connectivity index (χ0n) is 13.3. The van der Waals surface area contributed by atoms with E-state index in [1.807, 2.05) is 23.6 Å². The number of rotatable bonds is 4. The van der Waals surface area contributed by atoms with E-state index in [-0.39, 0.29) is 12.4 Å². The average molecular weight is 352 g/mol. The highest BCUT2D eigenvalue weighted by molar-refractivity contribution is 7.83. The zero-order valence-corrected chi connectivity index (χ0v) is 14.9. The number of aromatic nitrogens is 1. The van der Waals surface area contributed by atoms with Crippen LogP contribution in [0.3, 0.4) is 0 Å². The highest BCUT2D eigenvalue weighted by Crippen LogP contribution is 2.09. The summed E-state index contributed by atoms with van der Waals surface area (Å²) in [5, 5.41) is 0. The Kier molecular flexibility index (Phi) is 7.11. The van der Waals surface area contributed by atoms with Crippen molar-refractivity contribution in [3.63, 3.8) is 0 Å². The molecule has 0 bridgehead atoms. The summed E-state index contributed by atoms with van der Waals surface area (Å²) in [5.74, 6) is 0. The van der Waals surface area contributed by atoms with Crippen LogP contribution in [0.5, 0.6) is 0 Å². The van der Waals surface area contributed by atoms with Crippen LogP contribution in [0, 0.1) is 0 Å². The summed E-state index contributed by atoms with van der Waals surface area (Å²) in [6.07, 6.45) is 1.73. The lowest BCUT2D eigenvalue weighted by molar-refractivity contribution is -0.512. The van der Waals surface area contributed by atoms with Crippen molar-refractivity contribution >= 4 is 22.0 Å². The minimum absolute atomic E-state index is 0. The van der Waals surface area contributed by atoms with Gasteiger partial charge in [-0.3, -0.25) is 0 Å². The number of hydrogen-bond acceptors (Lipinski definition) is 5. The third-order valence-electron chi connectivity index (χ3n) is 2.59. The van der Waals surface area contributed by atoms with E-state index in [0.29, 0.717) is 0 Å². The molecule has 0 aliphatic heterocycles. The second kappa shape index (κ2) is 7.64. The molecule has 1 amide bonds. The van der Waals surface area contributed by atoms with Crippen LogP contribution in [0.15, 0.2) is 24.5 Å². The van der Waals surface area contributed by atoms with E-state index in [4.69, 9.17) is 4.74 Å². The van der Waals surface area contributed by atoms with Gasteiger partial charge in [0.05, 0.1) is 0 Å². The largest absolute Gasteiger partial charge is 1.00 e. The van der Waals surface area contributed by atoms with E-state index in [0.717, 1.165) is 16.2 Å². The number of anilines is 1. The molecule has 0 unspecified atom stereocenters. The fraction of sp³-hybridized carbons (Fsp3) is 0.538. The van der Waals surface area contributed by atoms with Crippen molar-refractivity contribution in [3.8, 4) is 0 Å². The summed E-state index contributed by atoms with van der Waals surface area (Å²) < 4.78 is 31.7.